The minimum Gasteiger partial charge on any atom is -0.330 e. The number of amides is 4. The Balaban J connectivity index is 0.00000462. The zero-order chi connectivity index (χ0) is 28.5. The summed E-state index contributed by atoms with van der Waals surface area (Å²) in [5.74, 6) is -1.51. The molecule has 0 fully saturated rings. The van der Waals surface area contributed by atoms with E-state index in [1.807, 2.05) is 0 Å². The van der Waals surface area contributed by atoms with Crippen molar-refractivity contribution in [2.24, 2.45) is 11.5 Å². The molecule has 224 valence electrons. The third kappa shape index (κ3) is 7.31. The van der Waals surface area contributed by atoms with Crippen molar-refractivity contribution >= 4 is 46.8 Å². The van der Waals surface area contributed by atoms with Crippen molar-refractivity contribution in [1.82, 2.24) is 20.4 Å². The highest BCUT2D eigenvalue weighted by Gasteiger charge is 2.39. The maximum Gasteiger partial charge on any atom is 0.261 e. The van der Waals surface area contributed by atoms with E-state index in [2.05, 4.69) is 10.6 Å². The first kappa shape index (κ1) is 32.6. The Morgan fingerprint density at radius 3 is 1.07 bits per heavy atom. The van der Waals surface area contributed by atoms with Crippen molar-refractivity contribution in [3.05, 3.63) is 46.5 Å². The number of nitrogens with two attached hydrogens (primary N) is 2. The van der Waals surface area contributed by atoms with E-state index in [-0.39, 0.29) is 36.0 Å². The van der Waals surface area contributed by atoms with Crippen LogP contribution in [0.3, 0.4) is 0 Å². The van der Waals surface area contributed by atoms with Crippen LogP contribution < -0.4 is 22.1 Å². The van der Waals surface area contributed by atoms with Gasteiger partial charge in [-0.1, -0.05) is 0 Å². The Bertz CT molecular complexity index is 1090. The molecule has 0 atom stereocenters. The minimum absolute atomic E-state index is 0. The lowest BCUT2D eigenvalue weighted by atomic mass is 9.86. The fraction of sp³-hybridized carbons (Fsp3) is 0.533. The third-order valence-corrected chi connectivity index (χ3v) is 7.65. The number of hydrogen-bond acceptors (Lipinski definition) is 8. The van der Waals surface area contributed by atoms with Crippen LogP contribution in [0.2, 0.25) is 0 Å². The van der Waals surface area contributed by atoms with Gasteiger partial charge in [0.05, 0.1) is 0 Å². The lowest BCUT2D eigenvalue weighted by Gasteiger charge is -2.32. The quantitative estimate of drug-likeness (QED) is 0.154. The first-order valence-corrected chi connectivity index (χ1v) is 14.6. The molecule has 0 saturated carbocycles. The van der Waals surface area contributed by atoms with Gasteiger partial charge in [-0.2, -0.15) is 0 Å². The van der Waals surface area contributed by atoms with E-state index in [0.717, 1.165) is 64.7 Å². The molecule has 2 aliphatic heterocycles. The average Bonchev–Trinajstić information content (AvgIpc) is 2.96. The predicted molar refractivity (Wildman–Crippen MR) is 163 cm³/mol. The zero-order valence-corrected chi connectivity index (χ0v) is 24.5. The molecule has 0 aromatic heterocycles. The molecule has 0 radical (unpaired) electrons. The fourth-order valence-electron chi connectivity index (χ4n) is 5.46. The number of imide groups is 2. The number of halogens is 1. The van der Waals surface area contributed by atoms with Gasteiger partial charge in [0.25, 0.3) is 23.6 Å². The Morgan fingerprint density at radius 2 is 0.780 bits per heavy atom. The molecule has 4 rings (SSSR count). The largest absolute Gasteiger partial charge is 0.330 e. The number of nitrogens with one attached hydrogen (secondary N) is 2. The van der Waals surface area contributed by atoms with E-state index in [4.69, 9.17) is 11.5 Å². The first-order chi connectivity index (χ1) is 19.5. The molecule has 0 saturated heterocycles. The lowest BCUT2D eigenvalue weighted by molar-refractivity contribution is 0.0586. The fourth-order valence-corrected chi connectivity index (χ4v) is 5.46. The molecule has 6 N–H and O–H groups in total. The van der Waals surface area contributed by atoms with Crippen LogP contribution in [0.4, 0.5) is 0 Å². The number of carbonyl (C=O) groups is 4. The van der Waals surface area contributed by atoms with Gasteiger partial charge in [-0.25, -0.2) is 0 Å². The number of unbranched alkanes of at least 4 members (excludes halogenated alkanes) is 4. The molecule has 2 heterocycles. The number of hydrogen-bond donors (Lipinski definition) is 4. The van der Waals surface area contributed by atoms with Crippen LogP contribution in [0.15, 0.2) is 24.3 Å². The van der Waals surface area contributed by atoms with Crippen LogP contribution in [0.1, 0.15) is 92.8 Å². The molecule has 10 nitrogen and oxygen atoms in total. The molecular weight excluding hydrogens is 544 g/mol. The van der Waals surface area contributed by atoms with E-state index < -0.39 is 0 Å². The summed E-state index contributed by atoms with van der Waals surface area (Å²) >= 11 is 0. The molecule has 0 spiro atoms. The maximum atomic E-state index is 13.4. The SMILES string of the molecule is Cl.NCCCCNCCCCN1C(=O)c2ccc3c4c(ccc(c24)C1=O)C(=O)N(CCCCNCCCCN)C3=O. The molecule has 4 amide bonds. The van der Waals surface area contributed by atoms with E-state index in [1.165, 1.54) is 9.80 Å². The molecule has 0 unspecified atom stereocenters. The average molecular weight is 587 g/mol. The van der Waals surface area contributed by atoms with Crippen LogP contribution in [-0.2, 0) is 0 Å². The maximum absolute atomic E-state index is 13.4. The predicted octanol–water partition coefficient (Wildman–Crippen LogP) is 2.67. The molecule has 41 heavy (non-hydrogen) atoms. The second kappa shape index (κ2) is 15.9. The molecule has 0 bridgehead atoms. The van der Waals surface area contributed by atoms with E-state index in [9.17, 15) is 19.2 Å². The van der Waals surface area contributed by atoms with Crippen molar-refractivity contribution < 1.29 is 19.2 Å². The van der Waals surface area contributed by atoms with Crippen LogP contribution in [0.25, 0.3) is 10.8 Å². The number of benzene rings is 2. The van der Waals surface area contributed by atoms with Crippen molar-refractivity contribution in [2.75, 3.05) is 52.4 Å². The zero-order valence-electron chi connectivity index (χ0n) is 23.7. The third-order valence-electron chi connectivity index (χ3n) is 7.65. The smallest absolute Gasteiger partial charge is 0.261 e. The van der Waals surface area contributed by atoms with Gasteiger partial charge in [0.1, 0.15) is 0 Å². The Hall–Kier alpha value is -2.89. The summed E-state index contributed by atoms with van der Waals surface area (Å²) in [6, 6.07) is 6.51. The first-order valence-electron chi connectivity index (χ1n) is 14.6. The van der Waals surface area contributed by atoms with Gasteiger partial charge in [0.2, 0.25) is 0 Å². The van der Waals surface area contributed by atoms with Crippen molar-refractivity contribution in [1.29, 1.82) is 0 Å². The highest BCUT2D eigenvalue weighted by atomic mass is 35.5. The molecule has 2 aliphatic rings. The summed E-state index contributed by atoms with van der Waals surface area (Å²) in [5.41, 5.74) is 12.5. The molecule has 2 aromatic rings. The summed E-state index contributed by atoms with van der Waals surface area (Å²) in [7, 11) is 0. The summed E-state index contributed by atoms with van der Waals surface area (Å²) < 4.78 is 0. The highest BCUT2D eigenvalue weighted by molar-refractivity contribution is 6.33. The van der Waals surface area contributed by atoms with Crippen molar-refractivity contribution in [2.45, 2.75) is 51.4 Å². The van der Waals surface area contributed by atoms with Gasteiger partial charge in [-0.15, -0.1) is 12.4 Å². The standard InChI is InChI=1S/C30H42N6O4.ClH/c31-13-1-3-15-33-17-5-7-19-35-27(37)21-9-11-23-26-24(12-10-22(25(21)26)28(35)38)30(40)36(29(23)39)20-8-6-18-34-16-4-2-14-32;/h9-12,33-34H,1-8,13-20,31-32H2;1H. The second-order valence-electron chi connectivity index (χ2n) is 10.5. The van der Waals surface area contributed by atoms with E-state index in [0.29, 0.717) is 72.0 Å². The van der Waals surface area contributed by atoms with Gasteiger partial charge in [0, 0.05) is 46.1 Å². The Labute approximate surface area is 247 Å². The summed E-state index contributed by atoms with van der Waals surface area (Å²) in [6.45, 7) is 5.44. The highest BCUT2D eigenvalue weighted by Crippen LogP contribution is 2.37. The summed E-state index contributed by atoms with van der Waals surface area (Å²) in [4.78, 5) is 56.1. The van der Waals surface area contributed by atoms with Crippen LogP contribution in [0, 0.1) is 0 Å². The second-order valence-corrected chi connectivity index (χ2v) is 10.5. The molecule has 11 heteroatoms. The van der Waals surface area contributed by atoms with Gasteiger partial charge < -0.3 is 22.1 Å². The lowest BCUT2D eigenvalue weighted by Crippen LogP contribution is -2.43. The van der Waals surface area contributed by atoms with E-state index in [1.54, 1.807) is 24.3 Å². The van der Waals surface area contributed by atoms with Gasteiger partial charge in [-0.05, 0) is 115 Å². The van der Waals surface area contributed by atoms with Gasteiger partial charge >= 0.3 is 0 Å². The van der Waals surface area contributed by atoms with Crippen LogP contribution >= 0.6 is 12.4 Å². The van der Waals surface area contributed by atoms with Gasteiger partial charge in [-0.3, -0.25) is 29.0 Å². The molecule has 0 aliphatic carbocycles. The Morgan fingerprint density at radius 1 is 0.488 bits per heavy atom. The number of rotatable bonds is 18. The van der Waals surface area contributed by atoms with Crippen molar-refractivity contribution in [3.63, 3.8) is 0 Å². The van der Waals surface area contributed by atoms with E-state index >= 15 is 0 Å². The number of carbonyl (C=O) groups excluding carboxylic acids is 4. The topological polar surface area (TPSA) is 151 Å². The van der Waals surface area contributed by atoms with Gasteiger partial charge in [0.15, 0.2) is 0 Å². The normalized spacial score (nSPS) is 14.3. The number of nitrogens with zero attached hydrogens (tertiary/aromatic N) is 2. The summed E-state index contributed by atoms with van der Waals surface area (Å²) in [5, 5.41) is 7.56. The van der Waals surface area contributed by atoms with Crippen molar-refractivity contribution in [3.8, 4) is 0 Å². The summed E-state index contributed by atoms with van der Waals surface area (Å²) in [6.07, 6.45) is 7.08. The molecule has 2 aromatic carbocycles. The minimum atomic E-state index is -0.376. The van der Waals surface area contributed by atoms with Crippen LogP contribution in [-0.4, -0.2) is 85.8 Å². The van der Waals surface area contributed by atoms with Crippen LogP contribution in [0.5, 0.6) is 0 Å². The molecular formula is C30H43ClN6O4. The monoisotopic (exact) mass is 586 g/mol. The Kier molecular flexibility index (Phi) is 12.7.